The third kappa shape index (κ3) is 11.4. The zero-order chi connectivity index (χ0) is 15.2. The smallest absolute Gasteiger partial charge is 0.325 e. The van der Waals surface area contributed by atoms with Crippen molar-refractivity contribution in [1.82, 2.24) is 10.6 Å². The summed E-state index contributed by atoms with van der Waals surface area (Å²) in [6, 6.07) is 0. The molecule has 2 amide bonds. The zero-order valence-corrected chi connectivity index (χ0v) is 11.9. The van der Waals surface area contributed by atoms with Crippen molar-refractivity contribution in [3.8, 4) is 0 Å². The molecule has 0 aromatic heterocycles. The zero-order valence-electron chi connectivity index (χ0n) is 11.9. The molecule has 0 saturated heterocycles. The van der Waals surface area contributed by atoms with E-state index in [2.05, 4.69) is 10.6 Å². The summed E-state index contributed by atoms with van der Waals surface area (Å²) in [5.41, 5.74) is 0. The highest BCUT2D eigenvalue weighted by molar-refractivity contribution is 5.82. The molecule has 0 aromatic rings. The van der Waals surface area contributed by atoms with Gasteiger partial charge in [-0.1, -0.05) is 0 Å². The quantitative estimate of drug-likeness (QED) is 0.367. The van der Waals surface area contributed by atoms with Gasteiger partial charge in [0.1, 0.15) is 13.2 Å². The fourth-order valence-corrected chi connectivity index (χ4v) is 1.12. The van der Waals surface area contributed by atoms with Crippen LogP contribution < -0.4 is 10.6 Å². The summed E-state index contributed by atoms with van der Waals surface area (Å²) in [6.07, 6.45) is 0.739. The lowest BCUT2D eigenvalue weighted by molar-refractivity contribution is -0.144. The highest BCUT2D eigenvalue weighted by atomic mass is 16.5. The molecule has 116 valence electrons. The van der Waals surface area contributed by atoms with E-state index in [4.69, 9.17) is 14.2 Å². The monoisotopic (exact) mass is 290 g/mol. The molecule has 0 atom stereocenters. The summed E-state index contributed by atoms with van der Waals surface area (Å²) in [5.74, 6) is -1.06. The third-order valence-corrected chi connectivity index (χ3v) is 2.18. The van der Waals surface area contributed by atoms with E-state index in [0.717, 1.165) is 0 Å². The second-order valence-corrected chi connectivity index (χ2v) is 3.82. The van der Waals surface area contributed by atoms with Crippen molar-refractivity contribution in [2.75, 3.05) is 47.1 Å². The molecular weight excluding hydrogens is 268 g/mol. The van der Waals surface area contributed by atoms with Crippen molar-refractivity contribution in [2.24, 2.45) is 0 Å². The molecule has 0 rings (SSSR count). The Morgan fingerprint density at radius 3 is 2.45 bits per heavy atom. The topological polar surface area (TPSA) is 103 Å². The number of carbonyl (C=O) groups is 3. The Morgan fingerprint density at radius 1 is 1.05 bits per heavy atom. The molecule has 0 aliphatic heterocycles. The van der Waals surface area contributed by atoms with Crippen molar-refractivity contribution in [3.63, 3.8) is 0 Å². The lowest BCUT2D eigenvalue weighted by Crippen LogP contribution is -2.33. The molecule has 0 aliphatic rings. The van der Waals surface area contributed by atoms with Gasteiger partial charge >= 0.3 is 5.97 Å². The van der Waals surface area contributed by atoms with E-state index in [-0.39, 0.29) is 25.7 Å². The molecule has 8 heteroatoms. The molecule has 0 unspecified atom stereocenters. The van der Waals surface area contributed by atoms with E-state index < -0.39 is 11.9 Å². The highest BCUT2D eigenvalue weighted by Crippen LogP contribution is 1.90. The maximum atomic E-state index is 11.2. The van der Waals surface area contributed by atoms with Crippen LogP contribution in [0.1, 0.15) is 12.8 Å². The maximum Gasteiger partial charge on any atom is 0.325 e. The summed E-state index contributed by atoms with van der Waals surface area (Å²) >= 11 is 0. The predicted octanol–water partition coefficient (Wildman–Crippen LogP) is -1.16. The van der Waals surface area contributed by atoms with Gasteiger partial charge < -0.3 is 24.8 Å². The van der Waals surface area contributed by atoms with Crippen molar-refractivity contribution in [2.45, 2.75) is 12.8 Å². The second-order valence-electron chi connectivity index (χ2n) is 3.82. The molecule has 0 fully saturated rings. The number of hydrogen-bond acceptors (Lipinski definition) is 6. The SMILES string of the molecule is CNC(=O)CCCOC(=O)CNC(=O)COCCOC. The van der Waals surface area contributed by atoms with Gasteiger partial charge in [0.25, 0.3) is 0 Å². The van der Waals surface area contributed by atoms with Crippen LogP contribution in [0.4, 0.5) is 0 Å². The largest absolute Gasteiger partial charge is 0.464 e. The van der Waals surface area contributed by atoms with Gasteiger partial charge in [-0.3, -0.25) is 14.4 Å². The van der Waals surface area contributed by atoms with E-state index in [9.17, 15) is 14.4 Å². The summed E-state index contributed by atoms with van der Waals surface area (Å²) in [5, 5.41) is 4.82. The third-order valence-electron chi connectivity index (χ3n) is 2.18. The molecule has 0 heterocycles. The Bertz CT molecular complexity index is 308. The molecule has 0 spiro atoms. The van der Waals surface area contributed by atoms with Gasteiger partial charge in [0.2, 0.25) is 11.8 Å². The van der Waals surface area contributed by atoms with Gasteiger partial charge in [-0.25, -0.2) is 0 Å². The van der Waals surface area contributed by atoms with Crippen LogP contribution in [0.2, 0.25) is 0 Å². The van der Waals surface area contributed by atoms with Gasteiger partial charge in [-0.05, 0) is 6.42 Å². The van der Waals surface area contributed by atoms with Crippen LogP contribution in [0.5, 0.6) is 0 Å². The molecule has 0 aromatic carbocycles. The average molecular weight is 290 g/mol. The number of ether oxygens (including phenoxy) is 3. The summed E-state index contributed by atoms with van der Waals surface area (Å²) < 4.78 is 14.6. The summed E-state index contributed by atoms with van der Waals surface area (Å²) in [4.78, 5) is 33.4. The Hall–Kier alpha value is -1.67. The molecule has 20 heavy (non-hydrogen) atoms. The van der Waals surface area contributed by atoms with Crippen LogP contribution in [0.15, 0.2) is 0 Å². The van der Waals surface area contributed by atoms with Crippen molar-refractivity contribution >= 4 is 17.8 Å². The number of methoxy groups -OCH3 is 1. The number of amides is 2. The van der Waals surface area contributed by atoms with Gasteiger partial charge in [0.05, 0.1) is 19.8 Å². The van der Waals surface area contributed by atoms with E-state index in [1.165, 1.54) is 7.11 Å². The number of carbonyl (C=O) groups excluding carboxylic acids is 3. The summed E-state index contributed by atoms with van der Waals surface area (Å²) in [6.45, 7) is 0.515. The summed E-state index contributed by atoms with van der Waals surface area (Å²) in [7, 11) is 3.07. The van der Waals surface area contributed by atoms with E-state index >= 15 is 0 Å². The number of rotatable bonds is 11. The van der Waals surface area contributed by atoms with E-state index in [0.29, 0.717) is 26.1 Å². The minimum absolute atomic E-state index is 0.109. The first-order chi connectivity index (χ1) is 9.60. The van der Waals surface area contributed by atoms with Crippen molar-refractivity contribution < 1.29 is 28.6 Å². The molecule has 0 radical (unpaired) electrons. The van der Waals surface area contributed by atoms with Gasteiger partial charge in [-0.2, -0.15) is 0 Å². The second kappa shape index (κ2) is 12.4. The number of esters is 1. The fraction of sp³-hybridized carbons (Fsp3) is 0.750. The van der Waals surface area contributed by atoms with Gasteiger partial charge in [0, 0.05) is 20.6 Å². The van der Waals surface area contributed by atoms with Crippen LogP contribution in [-0.4, -0.2) is 64.9 Å². The van der Waals surface area contributed by atoms with E-state index in [1.807, 2.05) is 0 Å². The lowest BCUT2D eigenvalue weighted by Gasteiger charge is -2.07. The van der Waals surface area contributed by atoms with Crippen molar-refractivity contribution in [3.05, 3.63) is 0 Å². The lowest BCUT2D eigenvalue weighted by atomic mass is 10.3. The Balaban J connectivity index is 3.47. The first-order valence-corrected chi connectivity index (χ1v) is 6.29. The molecule has 2 N–H and O–H groups in total. The van der Waals surface area contributed by atoms with Crippen LogP contribution in [0.3, 0.4) is 0 Å². The Morgan fingerprint density at radius 2 is 1.80 bits per heavy atom. The Labute approximate surface area is 118 Å². The predicted molar refractivity (Wildman–Crippen MR) is 70.0 cm³/mol. The van der Waals surface area contributed by atoms with Crippen LogP contribution in [0, 0.1) is 0 Å². The minimum Gasteiger partial charge on any atom is -0.464 e. The van der Waals surface area contributed by atoms with Crippen molar-refractivity contribution in [1.29, 1.82) is 0 Å². The van der Waals surface area contributed by atoms with Crippen LogP contribution in [-0.2, 0) is 28.6 Å². The van der Waals surface area contributed by atoms with Gasteiger partial charge in [0.15, 0.2) is 0 Å². The normalized spacial score (nSPS) is 9.90. The maximum absolute atomic E-state index is 11.2. The number of nitrogens with one attached hydrogen (secondary N) is 2. The van der Waals surface area contributed by atoms with Crippen LogP contribution >= 0.6 is 0 Å². The standard InChI is InChI=1S/C12H22N2O6/c1-13-10(15)4-3-5-20-12(17)8-14-11(16)9-19-7-6-18-2/h3-9H2,1-2H3,(H,13,15)(H,14,16). The van der Waals surface area contributed by atoms with Gasteiger partial charge in [-0.15, -0.1) is 0 Å². The number of hydrogen-bond donors (Lipinski definition) is 2. The first-order valence-electron chi connectivity index (χ1n) is 6.29. The highest BCUT2D eigenvalue weighted by Gasteiger charge is 2.07. The Kier molecular flexibility index (Phi) is 11.3. The molecule has 8 nitrogen and oxygen atoms in total. The molecule has 0 saturated carbocycles. The average Bonchev–Trinajstić information content (AvgIpc) is 2.45. The minimum atomic E-state index is -0.549. The van der Waals surface area contributed by atoms with Crippen LogP contribution in [0.25, 0.3) is 0 Å². The first kappa shape index (κ1) is 18.3. The fourth-order valence-electron chi connectivity index (χ4n) is 1.12. The molecular formula is C12H22N2O6. The molecule has 0 bridgehead atoms. The molecule has 0 aliphatic carbocycles. The van der Waals surface area contributed by atoms with E-state index in [1.54, 1.807) is 7.05 Å².